The molecule has 1 amide bonds. The van der Waals surface area contributed by atoms with Gasteiger partial charge in [-0.05, 0) is 24.6 Å². The lowest BCUT2D eigenvalue weighted by Gasteiger charge is -2.16. The standard InChI is InChI=1S/C19H23N5O3/c25-11-8-20-18(26)7-6-14-12-15-13-23(9-3-10-24(15)22-14)19-21-16-4-1-2-5-17(16)27-19/h1-2,4-5,12,25H,3,6-11,13H2,(H,20,26). The van der Waals surface area contributed by atoms with E-state index in [4.69, 9.17) is 9.52 Å². The van der Waals surface area contributed by atoms with E-state index in [2.05, 4.69) is 26.4 Å². The zero-order valence-corrected chi connectivity index (χ0v) is 15.1. The Morgan fingerprint density at radius 1 is 1.30 bits per heavy atom. The zero-order chi connectivity index (χ0) is 18.6. The predicted octanol–water partition coefficient (Wildman–Crippen LogP) is 1.48. The second-order valence-corrected chi connectivity index (χ2v) is 6.66. The molecular formula is C19H23N5O3. The lowest BCUT2D eigenvalue weighted by molar-refractivity contribution is -0.121. The Hall–Kier alpha value is -2.87. The lowest BCUT2D eigenvalue weighted by Crippen LogP contribution is -2.26. The fourth-order valence-electron chi connectivity index (χ4n) is 3.33. The minimum atomic E-state index is -0.0691. The van der Waals surface area contributed by atoms with Crippen LogP contribution in [0.2, 0.25) is 0 Å². The van der Waals surface area contributed by atoms with Crippen LogP contribution in [-0.4, -0.2) is 45.5 Å². The molecule has 0 fully saturated rings. The molecule has 8 heteroatoms. The largest absolute Gasteiger partial charge is 0.423 e. The van der Waals surface area contributed by atoms with Crippen LogP contribution in [0.15, 0.2) is 34.7 Å². The Balaban J connectivity index is 1.45. The van der Waals surface area contributed by atoms with Gasteiger partial charge in [0.25, 0.3) is 6.01 Å². The summed E-state index contributed by atoms with van der Waals surface area (Å²) in [6, 6.07) is 10.5. The Morgan fingerprint density at radius 3 is 3.04 bits per heavy atom. The van der Waals surface area contributed by atoms with Gasteiger partial charge in [0.1, 0.15) is 5.52 Å². The second kappa shape index (κ2) is 7.79. The summed E-state index contributed by atoms with van der Waals surface area (Å²) in [7, 11) is 0. The first kappa shape index (κ1) is 17.5. The highest BCUT2D eigenvalue weighted by Crippen LogP contribution is 2.25. The predicted molar refractivity (Wildman–Crippen MR) is 100 cm³/mol. The molecule has 2 N–H and O–H groups in total. The van der Waals surface area contributed by atoms with E-state index in [9.17, 15) is 4.79 Å². The van der Waals surface area contributed by atoms with Crippen LogP contribution in [-0.2, 0) is 24.3 Å². The number of anilines is 1. The van der Waals surface area contributed by atoms with Gasteiger partial charge >= 0.3 is 0 Å². The number of fused-ring (bicyclic) bond motifs is 2. The number of nitrogens with zero attached hydrogens (tertiary/aromatic N) is 4. The van der Waals surface area contributed by atoms with Gasteiger partial charge in [-0.2, -0.15) is 10.1 Å². The highest BCUT2D eigenvalue weighted by atomic mass is 16.4. The fraction of sp³-hybridized carbons (Fsp3) is 0.421. The maximum Gasteiger partial charge on any atom is 0.298 e. The van der Waals surface area contributed by atoms with Gasteiger partial charge in [-0.3, -0.25) is 9.48 Å². The Bertz CT molecular complexity index is 899. The van der Waals surface area contributed by atoms with E-state index in [0.717, 1.165) is 42.0 Å². The molecule has 0 saturated heterocycles. The molecule has 142 valence electrons. The van der Waals surface area contributed by atoms with Gasteiger partial charge in [0.15, 0.2) is 5.58 Å². The number of rotatable bonds is 6. The summed E-state index contributed by atoms with van der Waals surface area (Å²) in [5.41, 5.74) is 3.66. The maximum absolute atomic E-state index is 11.7. The van der Waals surface area contributed by atoms with E-state index in [1.165, 1.54) is 0 Å². The summed E-state index contributed by atoms with van der Waals surface area (Å²) in [5.74, 6) is -0.0691. The van der Waals surface area contributed by atoms with Crippen LogP contribution in [0.3, 0.4) is 0 Å². The van der Waals surface area contributed by atoms with Crippen molar-refractivity contribution < 1.29 is 14.3 Å². The summed E-state index contributed by atoms with van der Waals surface area (Å²) in [4.78, 5) is 18.4. The molecule has 0 radical (unpaired) electrons. The molecule has 3 heterocycles. The Labute approximate surface area is 156 Å². The van der Waals surface area contributed by atoms with Gasteiger partial charge in [-0.15, -0.1) is 0 Å². The number of hydrogen-bond donors (Lipinski definition) is 2. The monoisotopic (exact) mass is 369 g/mol. The number of aliphatic hydroxyl groups is 1. The molecule has 0 bridgehead atoms. The molecule has 27 heavy (non-hydrogen) atoms. The average molecular weight is 369 g/mol. The minimum absolute atomic E-state index is 0.0455. The van der Waals surface area contributed by atoms with E-state index in [-0.39, 0.29) is 19.1 Å². The third-order valence-corrected chi connectivity index (χ3v) is 4.66. The van der Waals surface area contributed by atoms with Crippen molar-refractivity contribution in [1.82, 2.24) is 20.1 Å². The quantitative estimate of drug-likeness (QED) is 0.683. The third-order valence-electron chi connectivity index (χ3n) is 4.66. The Kier molecular flexibility index (Phi) is 5.06. The molecule has 4 rings (SSSR count). The molecule has 1 aliphatic heterocycles. The summed E-state index contributed by atoms with van der Waals surface area (Å²) >= 11 is 0. The SMILES string of the molecule is O=C(CCc1cc2n(n1)CCCN(c1nc3ccccc3o1)C2)NCCO. The Morgan fingerprint density at radius 2 is 2.19 bits per heavy atom. The van der Waals surface area contributed by atoms with Crippen molar-refractivity contribution in [3.8, 4) is 0 Å². The van der Waals surface area contributed by atoms with Crippen molar-refractivity contribution in [1.29, 1.82) is 0 Å². The van der Waals surface area contributed by atoms with Crippen molar-refractivity contribution in [3.05, 3.63) is 41.7 Å². The zero-order valence-electron chi connectivity index (χ0n) is 15.1. The topological polar surface area (TPSA) is 96.4 Å². The molecule has 3 aromatic rings. The summed E-state index contributed by atoms with van der Waals surface area (Å²) < 4.78 is 7.93. The molecule has 0 aliphatic carbocycles. The molecule has 0 atom stereocenters. The van der Waals surface area contributed by atoms with Gasteiger partial charge in [0, 0.05) is 32.5 Å². The molecule has 1 aromatic carbocycles. The number of amides is 1. The minimum Gasteiger partial charge on any atom is -0.423 e. The van der Waals surface area contributed by atoms with Gasteiger partial charge in [-0.1, -0.05) is 12.1 Å². The molecule has 0 saturated carbocycles. The number of aliphatic hydroxyl groups excluding tert-OH is 1. The van der Waals surface area contributed by atoms with Crippen molar-refractivity contribution in [2.24, 2.45) is 0 Å². The van der Waals surface area contributed by atoms with E-state index in [0.29, 0.717) is 25.4 Å². The van der Waals surface area contributed by atoms with Crippen LogP contribution in [0.4, 0.5) is 6.01 Å². The average Bonchev–Trinajstić information content (AvgIpc) is 3.23. The number of aryl methyl sites for hydroxylation is 2. The van der Waals surface area contributed by atoms with Gasteiger partial charge in [0.05, 0.1) is 24.5 Å². The van der Waals surface area contributed by atoms with E-state index >= 15 is 0 Å². The lowest BCUT2D eigenvalue weighted by atomic mass is 10.2. The van der Waals surface area contributed by atoms with Gasteiger partial charge in [-0.25, -0.2) is 0 Å². The highest BCUT2D eigenvalue weighted by Gasteiger charge is 2.21. The van der Waals surface area contributed by atoms with Crippen molar-refractivity contribution in [2.45, 2.75) is 32.4 Å². The number of hydrogen-bond acceptors (Lipinski definition) is 6. The van der Waals surface area contributed by atoms with Gasteiger partial charge in [0.2, 0.25) is 5.91 Å². The van der Waals surface area contributed by atoms with Crippen LogP contribution in [0.5, 0.6) is 0 Å². The van der Waals surface area contributed by atoms with Crippen LogP contribution >= 0.6 is 0 Å². The number of carbonyl (C=O) groups is 1. The van der Waals surface area contributed by atoms with Crippen LogP contribution in [0.25, 0.3) is 11.1 Å². The maximum atomic E-state index is 11.7. The summed E-state index contributed by atoms with van der Waals surface area (Å²) in [6.07, 6.45) is 1.90. The normalized spacial score (nSPS) is 14.2. The fourth-order valence-corrected chi connectivity index (χ4v) is 3.33. The van der Waals surface area contributed by atoms with Crippen molar-refractivity contribution in [2.75, 3.05) is 24.6 Å². The summed E-state index contributed by atoms with van der Waals surface area (Å²) in [6.45, 7) is 2.61. The third kappa shape index (κ3) is 3.95. The second-order valence-electron chi connectivity index (χ2n) is 6.66. The molecule has 8 nitrogen and oxygen atoms in total. The van der Waals surface area contributed by atoms with E-state index in [1.54, 1.807) is 0 Å². The number of aromatic nitrogens is 3. The van der Waals surface area contributed by atoms with Crippen LogP contribution < -0.4 is 10.2 Å². The highest BCUT2D eigenvalue weighted by molar-refractivity contribution is 5.76. The smallest absolute Gasteiger partial charge is 0.298 e. The van der Waals surface area contributed by atoms with Gasteiger partial charge < -0.3 is 19.7 Å². The first-order valence-electron chi connectivity index (χ1n) is 9.26. The van der Waals surface area contributed by atoms with Crippen molar-refractivity contribution >= 4 is 23.0 Å². The number of oxazole rings is 1. The van der Waals surface area contributed by atoms with Crippen LogP contribution in [0, 0.1) is 0 Å². The molecule has 2 aromatic heterocycles. The van der Waals surface area contributed by atoms with Crippen LogP contribution in [0.1, 0.15) is 24.2 Å². The summed E-state index contributed by atoms with van der Waals surface area (Å²) in [5, 5.41) is 16.1. The molecule has 1 aliphatic rings. The number of carbonyl (C=O) groups excluding carboxylic acids is 1. The number of para-hydroxylation sites is 2. The molecular weight excluding hydrogens is 346 g/mol. The first-order valence-corrected chi connectivity index (χ1v) is 9.26. The molecule has 0 unspecified atom stereocenters. The van der Waals surface area contributed by atoms with Crippen molar-refractivity contribution in [3.63, 3.8) is 0 Å². The first-order chi connectivity index (χ1) is 13.2. The van der Waals surface area contributed by atoms with E-state index < -0.39 is 0 Å². The molecule has 0 spiro atoms. The number of benzene rings is 1. The van der Waals surface area contributed by atoms with E-state index in [1.807, 2.05) is 28.9 Å². The number of nitrogens with one attached hydrogen (secondary N) is 1.